The standard InChI is InChI=1S/C7H14N2O2/c1-8(11-2)7(10)6-9-4-3-5-9/h3-6H2,1-2H3. The Morgan fingerprint density at radius 3 is 2.64 bits per heavy atom. The van der Waals surface area contributed by atoms with E-state index < -0.39 is 0 Å². The number of likely N-dealkylation sites (tertiary alicyclic amines) is 1. The molecule has 0 spiro atoms. The largest absolute Gasteiger partial charge is 0.294 e. The summed E-state index contributed by atoms with van der Waals surface area (Å²) in [6.45, 7) is 2.58. The summed E-state index contributed by atoms with van der Waals surface area (Å²) < 4.78 is 0. The number of likely N-dealkylation sites (N-methyl/N-ethyl adjacent to an activating group) is 1. The Bertz CT molecular complexity index is 145. The summed E-state index contributed by atoms with van der Waals surface area (Å²) >= 11 is 0. The first-order chi connectivity index (χ1) is 5.24. The summed E-state index contributed by atoms with van der Waals surface area (Å²) in [5.41, 5.74) is 0. The molecule has 11 heavy (non-hydrogen) atoms. The van der Waals surface area contributed by atoms with Crippen LogP contribution in [-0.4, -0.2) is 49.7 Å². The van der Waals surface area contributed by atoms with Gasteiger partial charge in [-0.2, -0.15) is 0 Å². The van der Waals surface area contributed by atoms with Crippen LogP contribution in [0.3, 0.4) is 0 Å². The third-order valence-corrected chi connectivity index (χ3v) is 1.93. The average molecular weight is 158 g/mol. The van der Waals surface area contributed by atoms with E-state index >= 15 is 0 Å². The zero-order chi connectivity index (χ0) is 8.27. The summed E-state index contributed by atoms with van der Waals surface area (Å²) in [5, 5.41) is 1.26. The first-order valence-corrected chi connectivity index (χ1v) is 3.77. The summed E-state index contributed by atoms with van der Waals surface area (Å²) in [7, 11) is 3.12. The van der Waals surface area contributed by atoms with E-state index in [2.05, 4.69) is 4.90 Å². The fourth-order valence-corrected chi connectivity index (χ4v) is 0.933. The molecule has 0 aromatic heterocycles. The van der Waals surface area contributed by atoms with E-state index in [1.54, 1.807) is 7.05 Å². The van der Waals surface area contributed by atoms with E-state index in [9.17, 15) is 4.79 Å². The summed E-state index contributed by atoms with van der Waals surface area (Å²) in [6.07, 6.45) is 1.21. The van der Waals surface area contributed by atoms with E-state index in [-0.39, 0.29) is 5.91 Å². The maximum absolute atomic E-state index is 11.1. The van der Waals surface area contributed by atoms with Gasteiger partial charge in [0.15, 0.2) is 0 Å². The minimum atomic E-state index is 0.0206. The predicted octanol–water partition coefficient (Wildman–Crippen LogP) is -0.288. The number of hydrogen-bond donors (Lipinski definition) is 0. The highest BCUT2D eigenvalue weighted by molar-refractivity contribution is 5.76. The van der Waals surface area contributed by atoms with E-state index in [1.165, 1.54) is 18.6 Å². The number of hydroxylamine groups is 2. The van der Waals surface area contributed by atoms with Crippen LogP contribution < -0.4 is 0 Å². The van der Waals surface area contributed by atoms with Gasteiger partial charge in [0.05, 0.1) is 13.7 Å². The Morgan fingerprint density at radius 2 is 2.27 bits per heavy atom. The molecule has 0 N–H and O–H groups in total. The van der Waals surface area contributed by atoms with Crippen LogP contribution in [0.1, 0.15) is 6.42 Å². The zero-order valence-corrected chi connectivity index (χ0v) is 7.04. The third kappa shape index (κ3) is 2.17. The van der Waals surface area contributed by atoms with Gasteiger partial charge >= 0.3 is 0 Å². The second-order valence-electron chi connectivity index (χ2n) is 2.70. The fourth-order valence-electron chi connectivity index (χ4n) is 0.933. The number of amides is 1. The van der Waals surface area contributed by atoms with Crippen LogP contribution in [0.4, 0.5) is 0 Å². The minimum absolute atomic E-state index is 0.0206. The molecule has 1 heterocycles. The first-order valence-electron chi connectivity index (χ1n) is 3.77. The van der Waals surface area contributed by atoms with Gasteiger partial charge in [-0.05, 0) is 19.5 Å². The molecule has 1 saturated heterocycles. The molecule has 1 aliphatic heterocycles. The van der Waals surface area contributed by atoms with E-state index in [1.807, 2.05) is 0 Å². The molecule has 0 radical (unpaired) electrons. The summed E-state index contributed by atoms with van der Waals surface area (Å²) in [6, 6.07) is 0. The highest BCUT2D eigenvalue weighted by atomic mass is 16.7. The summed E-state index contributed by atoms with van der Waals surface area (Å²) in [5.74, 6) is 0.0206. The van der Waals surface area contributed by atoms with Crippen LogP contribution in [0.25, 0.3) is 0 Å². The van der Waals surface area contributed by atoms with Gasteiger partial charge in [-0.15, -0.1) is 0 Å². The Hall–Kier alpha value is -0.610. The fraction of sp³-hybridized carbons (Fsp3) is 0.857. The molecule has 0 bridgehead atoms. The molecule has 1 aliphatic rings. The lowest BCUT2D eigenvalue weighted by atomic mass is 10.2. The lowest BCUT2D eigenvalue weighted by molar-refractivity contribution is -0.170. The van der Waals surface area contributed by atoms with Gasteiger partial charge in [-0.1, -0.05) is 0 Å². The molecule has 1 rings (SSSR count). The molecule has 0 unspecified atom stereocenters. The average Bonchev–Trinajstić information content (AvgIpc) is 1.94. The molecule has 0 aromatic rings. The maximum Gasteiger partial charge on any atom is 0.259 e. The molecule has 0 saturated carbocycles. The van der Waals surface area contributed by atoms with Gasteiger partial charge in [0.1, 0.15) is 0 Å². The molecule has 0 atom stereocenters. The van der Waals surface area contributed by atoms with E-state index in [4.69, 9.17) is 4.84 Å². The van der Waals surface area contributed by atoms with E-state index in [0.717, 1.165) is 13.1 Å². The quantitative estimate of drug-likeness (QED) is 0.529. The predicted molar refractivity (Wildman–Crippen MR) is 40.8 cm³/mol. The number of nitrogens with zero attached hydrogens (tertiary/aromatic N) is 2. The first kappa shape index (κ1) is 8.49. The van der Waals surface area contributed by atoms with Crippen LogP contribution in [0.2, 0.25) is 0 Å². The molecule has 0 aliphatic carbocycles. The van der Waals surface area contributed by atoms with Crippen molar-refractivity contribution in [2.75, 3.05) is 33.8 Å². The molecular formula is C7H14N2O2. The van der Waals surface area contributed by atoms with Crippen LogP contribution in [0.15, 0.2) is 0 Å². The lowest BCUT2D eigenvalue weighted by Crippen LogP contribution is -2.44. The van der Waals surface area contributed by atoms with Gasteiger partial charge in [-0.3, -0.25) is 14.5 Å². The molecule has 1 fully saturated rings. The van der Waals surface area contributed by atoms with Crippen molar-refractivity contribution < 1.29 is 9.63 Å². The van der Waals surface area contributed by atoms with Crippen molar-refractivity contribution in [3.63, 3.8) is 0 Å². The van der Waals surface area contributed by atoms with Crippen LogP contribution >= 0.6 is 0 Å². The molecule has 1 amide bonds. The number of rotatable bonds is 3. The van der Waals surface area contributed by atoms with Crippen molar-refractivity contribution in [1.29, 1.82) is 0 Å². The Kier molecular flexibility index (Phi) is 2.84. The van der Waals surface area contributed by atoms with Crippen molar-refractivity contribution in [3.8, 4) is 0 Å². The Morgan fingerprint density at radius 1 is 1.64 bits per heavy atom. The molecule has 4 heteroatoms. The van der Waals surface area contributed by atoms with Crippen LogP contribution in [-0.2, 0) is 9.63 Å². The normalized spacial score (nSPS) is 17.6. The van der Waals surface area contributed by atoms with Crippen molar-refractivity contribution in [2.45, 2.75) is 6.42 Å². The number of carbonyl (C=O) groups is 1. The second kappa shape index (κ2) is 3.69. The summed E-state index contributed by atoms with van der Waals surface area (Å²) in [4.78, 5) is 18.0. The Balaban J connectivity index is 2.19. The SMILES string of the molecule is CON(C)C(=O)CN1CCC1. The molecular weight excluding hydrogens is 144 g/mol. The number of carbonyl (C=O) groups excluding carboxylic acids is 1. The van der Waals surface area contributed by atoms with Crippen LogP contribution in [0, 0.1) is 0 Å². The highest BCUT2D eigenvalue weighted by Crippen LogP contribution is 2.04. The Labute approximate surface area is 66.7 Å². The van der Waals surface area contributed by atoms with Crippen molar-refractivity contribution in [3.05, 3.63) is 0 Å². The number of hydrogen-bond acceptors (Lipinski definition) is 3. The van der Waals surface area contributed by atoms with Crippen molar-refractivity contribution >= 4 is 5.91 Å². The molecule has 4 nitrogen and oxygen atoms in total. The third-order valence-electron chi connectivity index (χ3n) is 1.93. The highest BCUT2D eigenvalue weighted by Gasteiger charge is 2.18. The van der Waals surface area contributed by atoms with Crippen molar-refractivity contribution in [2.24, 2.45) is 0 Å². The van der Waals surface area contributed by atoms with E-state index in [0.29, 0.717) is 6.54 Å². The van der Waals surface area contributed by atoms with Gasteiger partial charge in [-0.25, -0.2) is 5.06 Å². The maximum atomic E-state index is 11.1. The topological polar surface area (TPSA) is 32.8 Å². The minimum Gasteiger partial charge on any atom is -0.294 e. The molecule has 64 valence electrons. The van der Waals surface area contributed by atoms with Gasteiger partial charge < -0.3 is 0 Å². The molecule has 0 aromatic carbocycles. The van der Waals surface area contributed by atoms with Gasteiger partial charge in [0, 0.05) is 7.05 Å². The monoisotopic (exact) mass is 158 g/mol. The zero-order valence-electron chi connectivity index (χ0n) is 7.04. The lowest BCUT2D eigenvalue weighted by Gasteiger charge is -2.30. The smallest absolute Gasteiger partial charge is 0.259 e. The van der Waals surface area contributed by atoms with Gasteiger partial charge in [0.25, 0.3) is 5.91 Å². The van der Waals surface area contributed by atoms with Gasteiger partial charge in [0.2, 0.25) is 0 Å². The van der Waals surface area contributed by atoms with Crippen molar-refractivity contribution in [1.82, 2.24) is 9.96 Å². The van der Waals surface area contributed by atoms with Crippen LogP contribution in [0.5, 0.6) is 0 Å². The second-order valence-corrected chi connectivity index (χ2v) is 2.70.